The normalized spacial score (nSPS) is 18.5. The summed E-state index contributed by atoms with van der Waals surface area (Å²) in [7, 11) is 1.63. The zero-order valence-electron chi connectivity index (χ0n) is 16.9. The van der Waals surface area contributed by atoms with E-state index in [9.17, 15) is 9.59 Å². The lowest BCUT2D eigenvalue weighted by molar-refractivity contribution is -0.130. The van der Waals surface area contributed by atoms with E-state index >= 15 is 0 Å². The Morgan fingerprint density at radius 1 is 1.17 bits per heavy atom. The van der Waals surface area contributed by atoms with Crippen molar-refractivity contribution in [3.8, 4) is 5.75 Å². The van der Waals surface area contributed by atoms with E-state index in [2.05, 4.69) is 4.98 Å². The van der Waals surface area contributed by atoms with Crippen LogP contribution in [0.3, 0.4) is 0 Å². The van der Waals surface area contributed by atoms with Crippen LogP contribution >= 0.6 is 0 Å². The third kappa shape index (κ3) is 4.23. The Kier molecular flexibility index (Phi) is 5.47. The van der Waals surface area contributed by atoms with Gasteiger partial charge >= 0.3 is 0 Å². The number of nitrogens with zero attached hydrogens (tertiary/aromatic N) is 4. The van der Waals surface area contributed by atoms with Crippen molar-refractivity contribution in [2.75, 3.05) is 26.7 Å². The minimum absolute atomic E-state index is 0.0848. The van der Waals surface area contributed by atoms with E-state index in [0.29, 0.717) is 26.1 Å². The SMILES string of the molecule is COc1ccc(CC(=O)N2CC[C@@H](c3ncc4c(n3)CCN(C(C)=O)C4)C2)cc1. The minimum Gasteiger partial charge on any atom is -0.497 e. The first kappa shape index (κ1) is 19.4. The van der Waals surface area contributed by atoms with E-state index in [-0.39, 0.29) is 17.7 Å². The molecule has 1 aromatic carbocycles. The highest BCUT2D eigenvalue weighted by atomic mass is 16.5. The molecule has 152 valence electrons. The molecular weight excluding hydrogens is 368 g/mol. The van der Waals surface area contributed by atoms with E-state index in [4.69, 9.17) is 9.72 Å². The van der Waals surface area contributed by atoms with Crippen molar-refractivity contribution in [2.45, 2.75) is 38.6 Å². The molecule has 4 rings (SSSR count). The second-order valence-corrected chi connectivity index (χ2v) is 7.74. The van der Waals surface area contributed by atoms with E-state index in [1.807, 2.05) is 40.3 Å². The summed E-state index contributed by atoms with van der Waals surface area (Å²) in [5.41, 5.74) is 3.05. The lowest BCUT2D eigenvalue weighted by Crippen LogP contribution is -2.35. The fourth-order valence-corrected chi connectivity index (χ4v) is 4.02. The summed E-state index contributed by atoms with van der Waals surface area (Å²) in [6.45, 7) is 4.28. The van der Waals surface area contributed by atoms with Crippen molar-refractivity contribution >= 4 is 11.8 Å². The maximum Gasteiger partial charge on any atom is 0.227 e. The van der Waals surface area contributed by atoms with Gasteiger partial charge in [-0.25, -0.2) is 9.97 Å². The Labute approximate surface area is 170 Å². The number of fused-ring (bicyclic) bond motifs is 1. The quantitative estimate of drug-likeness (QED) is 0.792. The number of carbonyl (C=O) groups excluding carboxylic acids is 2. The van der Waals surface area contributed by atoms with Gasteiger partial charge in [0.15, 0.2) is 0 Å². The van der Waals surface area contributed by atoms with Crippen LogP contribution in [0.25, 0.3) is 0 Å². The smallest absolute Gasteiger partial charge is 0.227 e. The molecule has 0 unspecified atom stereocenters. The molecule has 0 radical (unpaired) electrons. The fraction of sp³-hybridized carbons (Fsp3) is 0.455. The molecule has 2 aromatic rings. The zero-order chi connectivity index (χ0) is 20.4. The molecular formula is C22H26N4O3. The molecule has 0 N–H and O–H groups in total. The topological polar surface area (TPSA) is 75.6 Å². The van der Waals surface area contributed by atoms with Crippen molar-refractivity contribution in [3.05, 3.63) is 53.1 Å². The molecule has 1 fully saturated rings. The number of amides is 2. The predicted octanol–water partition coefficient (Wildman–Crippen LogP) is 1.95. The van der Waals surface area contributed by atoms with Crippen molar-refractivity contribution in [1.82, 2.24) is 19.8 Å². The number of benzene rings is 1. The molecule has 3 heterocycles. The first-order valence-corrected chi connectivity index (χ1v) is 10.0. The highest BCUT2D eigenvalue weighted by molar-refractivity contribution is 5.79. The van der Waals surface area contributed by atoms with Crippen molar-refractivity contribution in [1.29, 1.82) is 0 Å². The second kappa shape index (κ2) is 8.19. The van der Waals surface area contributed by atoms with Crippen LogP contribution < -0.4 is 4.74 Å². The average Bonchev–Trinajstić information content (AvgIpc) is 3.24. The largest absolute Gasteiger partial charge is 0.497 e. The fourth-order valence-electron chi connectivity index (χ4n) is 4.02. The summed E-state index contributed by atoms with van der Waals surface area (Å²) in [6.07, 6.45) is 3.89. The van der Waals surface area contributed by atoms with Gasteiger partial charge in [0.25, 0.3) is 0 Å². The van der Waals surface area contributed by atoms with Crippen molar-refractivity contribution in [2.24, 2.45) is 0 Å². The van der Waals surface area contributed by atoms with Gasteiger partial charge in [0.05, 0.1) is 19.2 Å². The molecule has 2 aliphatic heterocycles. The van der Waals surface area contributed by atoms with E-state index in [1.165, 1.54) is 0 Å². The first-order valence-electron chi connectivity index (χ1n) is 10.0. The lowest BCUT2D eigenvalue weighted by Gasteiger charge is -2.27. The van der Waals surface area contributed by atoms with E-state index in [0.717, 1.165) is 47.8 Å². The molecule has 7 heteroatoms. The van der Waals surface area contributed by atoms with Gasteiger partial charge in [0.2, 0.25) is 11.8 Å². The third-order valence-electron chi connectivity index (χ3n) is 5.82. The highest BCUT2D eigenvalue weighted by Crippen LogP contribution is 2.27. The number of carbonyl (C=O) groups is 2. The molecule has 0 bridgehead atoms. The van der Waals surface area contributed by atoms with Crippen LogP contribution in [0.2, 0.25) is 0 Å². The maximum absolute atomic E-state index is 12.7. The molecule has 1 saturated heterocycles. The van der Waals surface area contributed by atoms with Gasteiger partial charge in [-0.1, -0.05) is 12.1 Å². The summed E-state index contributed by atoms with van der Waals surface area (Å²) in [6, 6.07) is 7.62. The van der Waals surface area contributed by atoms with Crippen LogP contribution in [0.1, 0.15) is 41.9 Å². The number of likely N-dealkylation sites (tertiary alicyclic amines) is 1. The number of hydrogen-bond donors (Lipinski definition) is 0. The van der Waals surface area contributed by atoms with Crippen molar-refractivity contribution in [3.63, 3.8) is 0 Å². The van der Waals surface area contributed by atoms with Crippen molar-refractivity contribution < 1.29 is 14.3 Å². The summed E-state index contributed by atoms with van der Waals surface area (Å²) < 4.78 is 5.17. The van der Waals surface area contributed by atoms with Gasteiger partial charge < -0.3 is 14.5 Å². The number of rotatable bonds is 4. The number of methoxy groups -OCH3 is 1. The summed E-state index contributed by atoms with van der Waals surface area (Å²) in [4.78, 5) is 37.4. The molecule has 2 amide bonds. The molecule has 1 aromatic heterocycles. The summed E-state index contributed by atoms with van der Waals surface area (Å²) >= 11 is 0. The standard InChI is InChI=1S/C22H26N4O3/c1-15(27)25-10-8-20-18(14-25)12-23-22(24-20)17-7-9-26(13-17)21(28)11-16-3-5-19(29-2)6-4-16/h3-6,12,17H,7-11,13-14H2,1-2H3/t17-/m1/s1. The molecule has 1 atom stereocenters. The molecule has 0 aliphatic carbocycles. The number of ether oxygens (including phenoxy) is 1. The molecule has 0 saturated carbocycles. The van der Waals surface area contributed by atoms with Gasteiger partial charge in [0, 0.05) is 57.2 Å². The third-order valence-corrected chi connectivity index (χ3v) is 5.82. The maximum atomic E-state index is 12.7. The minimum atomic E-state index is 0.0848. The van der Waals surface area contributed by atoms with Crippen LogP contribution in [-0.4, -0.2) is 58.3 Å². The number of hydrogen-bond acceptors (Lipinski definition) is 5. The Hall–Kier alpha value is -2.96. The van der Waals surface area contributed by atoms with Crippen LogP contribution in [0.4, 0.5) is 0 Å². The van der Waals surface area contributed by atoms with E-state index < -0.39 is 0 Å². The Balaban J connectivity index is 1.38. The Morgan fingerprint density at radius 3 is 2.69 bits per heavy atom. The van der Waals surface area contributed by atoms with Crippen LogP contribution in [0.15, 0.2) is 30.5 Å². The highest BCUT2D eigenvalue weighted by Gasteiger charge is 2.30. The molecule has 29 heavy (non-hydrogen) atoms. The number of aromatic nitrogens is 2. The Bertz CT molecular complexity index is 913. The molecule has 2 aliphatic rings. The summed E-state index contributed by atoms with van der Waals surface area (Å²) in [5, 5.41) is 0. The van der Waals surface area contributed by atoms with E-state index in [1.54, 1.807) is 14.0 Å². The van der Waals surface area contributed by atoms with Gasteiger partial charge in [0.1, 0.15) is 11.6 Å². The van der Waals surface area contributed by atoms with Gasteiger partial charge in [-0.05, 0) is 24.1 Å². The van der Waals surface area contributed by atoms with Crippen LogP contribution in [-0.2, 0) is 29.0 Å². The van der Waals surface area contributed by atoms with Crippen LogP contribution in [0.5, 0.6) is 5.75 Å². The predicted molar refractivity (Wildman–Crippen MR) is 107 cm³/mol. The molecule has 0 spiro atoms. The average molecular weight is 394 g/mol. The van der Waals surface area contributed by atoms with Crippen LogP contribution in [0, 0.1) is 0 Å². The van der Waals surface area contributed by atoms with Gasteiger partial charge in [-0.3, -0.25) is 9.59 Å². The molecule has 7 nitrogen and oxygen atoms in total. The zero-order valence-corrected chi connectivity index (χ0v) is 16.9. The monoisotopic (exact) mass is 394 g/mol. The Morgan fingerprint density at radius 2 is 1.97 bits per heavy atom. The van der Waals surface area contributed by atoms with Gasteiger partial charge in [-0.2, -0.15) is 0 Å². The lowest BCUT2D eigenvalue weighted by atomic mass is 10.0. The summed E-state index contributed by atoms with van der Waals surface area (Å²) in [5.74, 6) is 2.00. The first-order chi connectivity index (χ1) is 14.0. The second-order valence-electron chi connectivity index (χ2n) is 7.74. The van der Waals surface area contributed by atoms with Gasteiger partial charge in [-0.15, -0.1) is 0 Å².